The molecule has 1 aromatic heterocycles. The Bertz CT molecular complexity index is 841. The minimum Gasteiger partial charge on any atom is -0.399 e. The van der Waals surface area contributed by atoms with Gasteiger partial charge in [0.05, 0.1) is 4.90 Å². The van der Waals surface area contributed by atoms with E-state index >= 15 is 0 Å². The molecule has 0 saturated carbocycles. The number of anilines is 1. The molecule has 19 heavy (non-hydrogen) atoms. The minimum atomic E-state index is -3.75. The van der Waals surface area contributed by atoms with Crippen molar-refractivity contribution in [3.8, 4) is 0 Å². The smallest absolute Gasteiger partial charge is 0.284 e. The maximum atomic E-state index is 12.4. The third-order valence-electron chi connectivity index (χ3n) is 2.71. The van der Waals surface area contributed by atoms with E-state index in [1.54, 1.807) is 30.3 Å². The zero-order valence-electron chi connectivity index (χ0n) is 9.76. The van der Waals surface area contributed by atoms with Crippen LogP contribution in [0, 0.1) is 0 Å². The molecule has 0 aliphatic carbocycles. The molecule has 0 saturated heterocycles. The molecular weight excluding hydrogens is 264 g/mol. The Labute approximate surface area is 109 Å². The zero-order valence-corrected chi connectivity index (χ0v) is 10.6. The molecular formula is C12H10N4O2S. The van der Waals surface area contributed by atoms with Gasteiger partial charge in [-0.25, -0.2) is 0 Å². The lowest BCUT2D eigenvalue weighted by atomic mass is 10.3. The van der Waals surface area contributed by atoms with Crippen LogP contribution < -0.4 is 5.73 Å². The molecule has 0 spiro atoms. The first-order valence-electron chi connectivity index (χ1n) is 5.50. The Hall–Kier alpha value is -2.41. The summed E-state index contributed by atoms with van der Waals surface area (Å²) in [6.45, 7) is 0. The van der Waals surface area contributed by atoms with Crippen molar-refractivity contribution in [1.29, 1.82) is 0 Å². The number of hydrogen-bond acceptors (Lipinski definition) is 5. The predicted octanol–water partition coefficient (Wildman–Crippen LogP) is 1.25. The number of nitrogens with zero attached hydrogens (tertiary/aromatic N) is 3. The van der Waals surface area contributed by atoms with E-state index in [9.17, 15) is 8.42 Å². The van der Waals surface area contributed by atoms with E-state index in [0.717, 1.165) is 4.09 Å². The summed E-state index contributed by atoms with van der Waals surface area (Å²) in [5.41, 5.74) is 6.97. The summed E-state index contributed by atoms with van der Waals surface area (Å²) < 4.78 is 25.8. The average molecular weight is 274 g/mol. The van der Waals surface area contributed by atoms with Gasteiger partial charge in [0, 0.05) is 5.69 Å². The van der Waals surface area contributed by atoms with Crippen LogP contribution in [0.25, 0.3) is 11.0 Å². The van der Waals surface area contributed by atoms with Crippen LogP contribution in [-0.2, 0) is 10.0 Å². The third kappa shape index (κ3) is 1.84. The fraction of sp³-hybridized carbons (Fsp3) is 0. The van der Waals surface area contributed by atoms with Crippen molar-refractivity contribution in [2.45, 2.75) is 4.90 Å². The molecule has 0 fully saturated rings. The number of benzene rings is 2. The van der Waals surface area contributed by atoms with Crippen molar-refractivity contribution >= 4 is 26.7 Å². The van der Waals surface area contributed by atoms with Gasteiger partial charge in [0.2, 0.25) is 0 Å². The molecule has 1 heterocycles. The molecule has 0 aliphatic rings. The molecule has 96 valence electrons. The molecule has 6 nitrogen and oxygen atoms in total. The van der Waals surface area contributed by atoms with E-state index < -0.39 is 10.0 Å². The number of nitrogen functional groups attached to an aromatic ring is 1. The van der Waals surface area contributed by atoms with Gasteiger partial charge in [0.25, 0.3) is 10.0 Å². The van der Waals surface area contributed by atoms with Gasteiger partial charge in [-0.3, -0.25) is 0 Å². The van der Waals surface area contributed by atoms with Gasteiger partial charge in [-0.2, -0.15) is 8.42 Å². The summed E-state index contributed by atoms with van der Waals surface area (Å²) in [6, 6.07) is 12.9. The Morgan fingerprint density at radius 3 is 2.53 bits per heavy atom. The van der Waals surface area contributed by atoms with E-state index in [2.05, 4.69) is 10.3 Å². The number of nitrogens with two attached hydrogens (primary N) is 1. The molecule has 2 aromatic carbocycles. The van der Waals surface area contributed by atoms with Crippen LogP contribution in [-0.4, -0.2) is 22.8 Å². The third-order valence-corrected chi connectivity index (χ3v) is 4.30. The van der Waals surface area contributed by atoms with Gasteiger partial charge in [-0.05, 0) is 30.3 Å². The first-order chi connectivity index (χ1) is 9.09. The van der Waals surface area contributed by atoms with Crippen LogP contribution in [0.2, 0.25) is 0 Å². The molecule has 0 bridgehead atoms. The summed E-state index contributed by atoms with van der Waals surface area (Å²) in [5.74, 6) is 0. The number of hydrogen-bond donors (Lipinski definition) is 1. The van der Waals surface area contributed by atoms with E-state index in [-0.39, 0.29) is 4.90 Å². The van der Waals surface area contributed by atoms with Crippen LogP contribution in [0.1, 0.15) is 0 Å². The molecule has 0 unspecified atom stereocenters. The van der Waals surface area contributed by atoms with E-state index in [4.69, 9.17) is 5.73 Å². The van der Waals surface area contributed by atoms with Crippen molar-refractivity contribution in [2.24, 2.45) is 0 Å². The maximum Gasteiger partial charge on any atom is 0.284 e. The van der Waals surface area contributed by atoms with Crippen LogP contribution in [0.3, 0.4) is 0 Å². The summed E-state index contributed by atoms with van der Waals surface area (Å²) in [6.07, 6.45) is 0. The molecule has 3 aromatic rings. The van der Waals surface area contributed by atoms with Crippen LogP contribution in [0.5, 0.6) is 0 Å². The highest BCUT2D eigenvalue weighted by Gasteiger charge is 2.20. The van der Waals surface area contributed by atoms with Crippen LogP contribution >= 0.6 is 0 Å². The number of rotatable bonds is 2. The minimum absolute atomic E-state index is 0.157. The summed E-state index contributed by atoms with van der Waals surface area (Å²) in [4.78, 5) is 0.157. The Balaban J connectivity index is 2.28. The van der Waals surface area contributed by atoms with E-state index in [0.29, 0.717) is 16.7 Å². The second-order valence-electron chi connectivity index (χ2n) is 4.00. The second-order valence-corrected chi connectivity index (χ2v) is 5.77. The van der Waals surface area contributed by atoms with Gasteiger partial charge in [-0.1, -0.05) is 23.4 Å². The maximum absolute atomic E-state index is 12.4. The zero-order chi connectivity index (χ0) is 13.5. The lowest BCUT2D eigenvalue weighted by Gasteiger charge is -2.04. The first-order valence-corrected chi connectivity index (χ1v) is 6.94. The van der Waals surface area contributed by atoms with Crippen molar-refractivity contribution < 1.29 is 8.42 Å². The summed E-state index contributed by atoms with van der Waals surface area (Å²) >= 11 is 0. The predicted molar refractivity (Wildman–Crippen MR) is 71.0 cm³/mol. The number of fused-ring (bicyclic) bond motifs is 1. The topological polar surface area (TPSA) is 90.9 Å². The van der Waals surface area contributed by atoms with Crippen molar-refractivity contribution in [1.82, 2.24) is 14.4 Å². The largest absolute Gasteiger partial charge is 0.399 e. The molecule has 2 N–H and O–H groups in total. The molecule has 7 heteroatoms. The van der Waals surface area contributed by atoms with Gasteiger partial charge < -0.3 is 5.73 Å². The first kappa shape index (κ1) is 11.7. The molecule has 0 radical (unpaired) electrons. The average Bonchev–Trinajstić information content (AvgIpc) is 2.83. The van der Waals surface area contributed by atoms with Crippen molar-refractivity contribution in [3.05, 3.63) is 48.5 Å². The monoisotopic (exact) mass is 274 g/mol. The highest BCUT2D eigenvalue weighted by molar-refractivity contribution is 7.90. The van der Waals surface area contributed by atoms with Crippen LogP contribution in [0.4, 0.5) is 5.69 Å². The Kier molecular flexibility index (Phi) is 2.49. The lowest BCUT2D eigenvalue weighted by molar-refractivity contribution is 0.579. The molecule has 0 amide bonds. The van der Waals surface area contributed by atoms with Gasteiger partial charge in [-0.15, -0.1) is 9.19 Å². The Morgan fingerprint density at radius 1 is 1.05 bits per heavy atom. The normalized spacial score (nSPS) is 11.8. The highest BCUT2D eigenvalue weighted by atomic mass is 32.2. The van der Waals surface area contributed by atoms with Gasteiger partial charge in [0.1, 0.15) is 11.0 Å². The lowest BCUT2D eigenvalue weighted by Crippen LogP contribution is -2.14. The summed E-state index contributed by atoms with van der Waals surface area (Å²) in [5, 5.41) is 7.54. The second kappa shape index (κ2) is 4.06. The fourth-order valence-electron chi connectivity index (χ4n) is 1.79. The van der Waals surface area contributed by atoms with Gasteiger partial charge in [0.15, 0.2) is 0 Å². The molecule has 3 rings (SSSR count). The van der Waals surface area contributed by atoms with Crippen LogP contribution in [0.15, 0.2) is 53.4 Å². The highest BCUT2D eigenvalue weighted by Crippen LogP contribution is 2.20. The molecule has 0 atom stereocenters. The van der Waals surface area contributed by atoms with Crippen molar-refractivity contribution in [2.75, 3.05) is 5.73 Å². The Morgan fingerprint density at radius 2 is 1.79 bits per heavy atom. The fourth-order valence-corrected chi connectivity index (χ4v) is 3.02. The standard InChI is InChI=1S/C12H10N4O2S/c13-9-6-7-11-12(8-9)16(15-14-11)19(17,18)10-4-2-1-3-5-10/h1-8H,13H2. The molecule has 0 aliphatic heterocycles. The van der Waals surface area contributed by atoms with E-state index in [1.165, 1.54) is 18.2 Å². The SMILES string of the molecule is Nc1ccc2nnn(S(=O)(=O)c3ccccc3)c2c1. The number of aromatic nitrogens is 3. The van der Waals surface area contributed by atoms with E-state index in [1.807, 2.05) is 0 Å². The quantitative estimate of drug-likeness (QED) is 0.710. The van der Waals surface area contributed by atoms with Crippen molar-refractivity contribution in [3.63, 3.8) is 0 Å². The van der Waals surface area contributed by atoms with Gasteiger partial charge >= 0.3 is 0 Å². The summed E-state index contributed by atoms with van der Waals surface area (Å²) in [7, 11) is -3.75.